The second-order valence-corrected chi connectivity index (χ2v) is 10.1. The van der Waals surface area contributed by atoms with Gasteiger partial charge in [0.2, 0.25) is 11.5 Å². The van der Waals surface area contributed by atoms with Gasteiger partial charge >= 0.3 is 12.1 Å². The second kappa shape index (κ2) is 8.86. The molecule has 1 aliphatic carbocycles. The van der Waals surface area contributed by atoms with Crippen molar-refractivity contribution in [3.05, 3.63) is 65.0 Å². The summed E-state index contributed by atoms with van der Waals surface area (Å²) in [6.45, 7) is 3.41. The van der Waals surface area contributed by atoms with Crippen molar-refractivity contribution >= 4 is 29.6 Å². The highest BCUT2D eigenvalue weighted by atomic mass is 19.1. The number of nitrogens with one attached hydrogen (secondary N) is 2. The lowest BCUT2D eigenvalue weighted by atomic mass is 9.89. The molecule has 5 rings (SSSR count). The summed E-state index contributed by atoms with van der Waals surface area (Å²) in [5.74, 6) is -1.30. The van der Waals surface area contributed by atoms with Crippen molar-refractivity contribution < 1.29 is 28.3 Å². The van der Waals surface area contributed by atoms with Gasteiger partial charge in [0.05, 0.1) is 5.54 Å². The Balaban J connectivity index is 1.38. The van der Waals surface area contributed by atoms with Crippen LogP contribution in [0.2, 0.25) is 0 Å². The molecule has 0 radical (unpaired) electrons. The molecule has 9 nitrogen and oxygen atoms in total. The molecule has 37 heavy (non-hydrogen) atoms. The van der Waals surface area contributed by atoms with Gasteiger partial charge in [-0.25, -0.2) is 18.9 Å². The van der Waals surface area contributed by atoms with Gasteiger partial charge in [-0.15, -0.1) is 0 Å². The van der Waals surface area contributed by atoms with Crippen molar-refractivity contribution in [1.82, 2.24) is 15.1 Å². The number of likely N-dealkylation sites (tertiary alicyclic amines) is 1. The lowest BCUT2D eigenvalue weighted by Gasteiger charge is -2.39. The van der Waals surface area contributed by atoms with Crippen LogP contribution >= 0.6 is 0 Å². The number of amides is 5. The standard InChI is InChI=1S/C27H29FN4O5/c1-16-10-12-26(2,18-4-6-19(28)7-5-18)32(16)22(33)15-31-23(34)27(37-25(31)36)13-11-17-14-20(8-9-21(17)27)30-24(35)29-3/h4-9,14,16H,10-13,15H2,1-3H3,(H2,29,30,35)/t16-,26+,27-/m1/s1. The van der Waals surface area contributed by atoms with Gasteiger partial charge in [-0.2, -0.15) is 0 Å². The molecule has 2 aliphatic heterocycles. The zero-order valence-electron chi connectivity index (χ0n) is 21.0. The number of nitrogens with zero attached hydrogens (tertiary/aromatic N) is 2. The highest BCUT2D eigenvalue weighted by molar-refractivity contribution is 6.06. The van der Waals surface area contributed by atoms with E-state index in [0.717, 1.165) is 22.4 Å². The van der Waals surface area contributed by atoms with E-state index < -0.39 is 29.7 Å². The Labute approximate surface area is 213 Å². The van der Waals surface area contributed by atoms with Crippen molar-refractivity contribution in [3.63, 3.8) is 0 Å². The number of hydrogen-bond donors (Lipinski definition) is 2. The Hall–Kier alpha value is -3.95. The minimum Gasteiger partial charge on any atom is -0.427 e. The van der Waals surface area contributed by atoms with Crippen LogP contribution in [0.4, 0.5) is 19.7 Å². The average molecular weight is 509 g/mol. The van der Waals surface area contributed by atoms with E-state index in [1.165, 1.54) is 19.2 Å². The predicted molar refractivity (Wildman–Crippen MR) is 132 cm³/mol. The van der Waals surface area contributed by atoms with Crippen molar-refractivity contribution in [2.75, 3.05) is 18.9 Å². The van der Waals surface area contributed by atoms with E-state index in [0.29, 0.717) is 24.1 Å². The molecule has 0 bridgehead atoms. The Morgan fingerprint density at radius 3 is 2.57 bits per heavy atom. The maximum absolute atomic E-state index is 13.6. The van der Waals surface area contributed by atoms with E-state index in [2.05, 4.69) is 10.6 Å². The van der Waals surface area contributed by atoms with Crippen molar-refractivity contribution in [2.24, 2.45) is 0 Å². The average Bonchev–Trinajstić information content (AvgIpc) is 3.47. The second-order valence-electron chi connectivity index (χ2n) is 10.1. The zero-order chi connectivity index (χ0) is 26.5. The number of hydrogen-bond acceptors (Lipinski definition) is 5. The van der Waals surface area contributed by atoms with Gasteiger partial charge in [0.1, 0.15) is 12.4 Å². The van der Waals surface area contributed by atoms with E-state index in [-0.39, 0.29) is 30.2 Å². The van der Waals surface area contributed by atoms with Crippen LogP contribution in [0, 0.1) is 5.82 Å². The Kier molecular flexibility index (Phi) is 5.92. The molecule has 5 amide bonds. The maximum atomic E-state index is 13.6. The van der Waals surface area contributed by atoms with E-state index in [9.17, 15) is 23.6 Å². The fourth-order valence-corrected chi connectivity index (χ4v) is 5.98. The molecular weight excluding hydrogens is 479 g/mol. The number of anilines is 1. The van der Waals surface area contributed by atoms with Crippen molar-refractivity contribution in [2.45, 2.75) is 56.7 Å². The molecule has 2 fully saturated rings. The van der Waals surface area contributed by atoms with Gasteiger partial charge in [-0.3, -0.25) is 9.59 Å². The van der Waals surface area contributed by atoms with Gasteiger partial charge in [-0.05, 0) is 68.5 Å². The summed E-state index contributed by atoms with van der Waals surface area (Å²) >= 11 is 0. The summed E-state index contributed by atoms with van der Waals surface area (Å²) in [6, 6.07) is 10.7. The Morgan fingerprint density at radius 1 is 1.14 bits per heavy atom. The van der Waals surface area contributed by atoms with Crippen LogP contribution in [0.25, 0.3) is 0 Å². The molecule has 0 aromatic heterocycles. The van der Waals surface area contributed by atoms with E-state index in [1.54, 1.807) is 35.2 Å². The summed E-state index contributed by atoms with van der Waals surface area (Å²) in [7, 11) is 1.51. The number of imide groups is 1. The molecule has 1 spiro atoms. The molecule has 0 unspecified atom stereocenters. The quantitative estimate of drug-likeness (QED) is 0.656. The monoisotopic (exact) mass is 508 g/mol. The molecule has 10 heteroatoms. The number of ether oxygens (including phenoxy) is 1. The molecule has 2 aromatic carbocycles. The minimum absolute atomic E-state index is 0.122. The van der Waals surface area contributed by atoms with Crippen LogP contribution in [0.15, 0.2) is 42.5 Å². The number of halogens is 1. The molecule has 194 valence electrons. The van der Waals surface area contributed by atoms with Gasteiger partial charge in [-0.1, -0.05) is 18.2 Å². The molecule has 2 aromatic rings. The number of benzene rings is 2. The highest BCUT2D eigenvalue weighted by Gasteiger charge is 2.59. The molecular formula is C27H29FN4O5. The third-order valence-electron chi connectivity index (χ3n) is 7.89. The SMILES string of the molecule is CNC(=O)Nc1ccc2c(c1)CC[C@@]21OC(=O)N(CC(=O)N2[C@H](C)CC[C@@]2(C)c2ccc(F)cc2)C1=O. The Morgan fingerprint density at radius 2 is 1.86 bits per heavy atom. The number of fused-ring (bicyclic) bond motifs is 2. The largest absolute Gasteiger partial charge is 0.427 e. The van der Waals surface area contributed by atoms with E-state index >= 15 is 0 Å². The lowest BCUT2D eigenvalue weighted by molar-refractivity contribution is -0.144. The summed E-state index contributed by atoms with van der Waals surface area (Å²) in [4.78, 5) is 54.3. The predicted octanol–water partition coefficient (Wildman–Crippen LogP) is 3.62. The lowest BCUT2D eigenvalue weighted by Crippen LogP contribution is -2.51. The van der Waals surface area contributed by atoms with Crippen LogP contribution in [-0.2, 0) is 31.9 Å². The minimum atomic E-state index is -1.48. The van der Waals surface area contributed by atoms with Crippen LogP contribution < -0.4 is 10.6 Å². The number of aryl methyl sites for hydroxylation is 1. The number of urea groups is 1. The first kappa shape index (κ1) is 24.7. The number of carbonyl (C=O) groups is 4. The third kappa shape index (κ3) is 3.91. The van der Waals surface area contributed by atoms with Crippen LogP contribution in [0.3, 0.4) is 0 Å². The Bertz CT molecular complexity index is 1300. The molecule has 3 aliphatic rings. The molecule has 2 saturated heterocycles. The van der Waals surface area contributed by atoms with Crippen LogP contribution in [0.1, 0.15) is 49.8 Å². The van der Waals surface area contributed by atoms with E-state index in [1.807, 2.05) is 13.8 Å². The molecule has 2 heterocycles. The topological polar surface area (TPSA) is 108 Å². The fourth-order valence-electron chi connectivity index (χ4n) is 5.98. The van der Waals surface area contributed by atoms with Gasteiger partial charge in [0.25, 0.3) is 5.91 Å². The van der Waals surface area contributed by atoms with Gasteiger partial charge < -0.3 is 20.3 Å². The summed E-state index contributed by atoms with van der Waals surface area (Å²) in [5, 5.41) is 5.17. The zero-order valence-corrected chi connectivity index (χ0v) is 21.0. The first-order chi connectivity index (χ1) is 17.6. The summed E-state index contributed by atoms with van der Waals surface area (Å²) in [5.41, 5.74) is 0.540. The molecule has 3 atom stereocenters. The number of rotatable bonds is 4. The summed E-state index contributed by atoms with van der Waals surface area (Å²) < 4.78 is 19.2. The maximum Gasteiger partial charge on any atom is 0.418 e. The fraction of sp³-hybridized carbons (Fsp3) is 0.407. The van der Waals surface area contributed by atoms with Gasteiger partial charge in [0.15, 0.2) is 0 Å². The first-order valence-electron chi connectivity index (χ1n) is 12.3. The molecule has 2 N–H and O–H groups in total. The van der Waals surface area contributed by atoms with Crippen LogP contribution in [-0.4, -0.2) is 53.4 Å². The van der Waals surface area contributed by atoms with Crippen LogP contribution in [0.5, 0.6) is 0 Å². The normalized spacial score (nSPS) is 26.4. The van der Waals surface area contributed by atoms with Crippen molar-refractivity contribution in [3.8, 4) is 0 Å². The number of carbonyl (C=O) groups excluding carboxylic acids is 4. The van der Waals surface area contributed by atoms with Crippen molar-refractivity contribution in [1.29, 1.82) is 0 Å². The molecule has 0 saturated carbocycles. The third-order valence-corrected chi connectivity index (χ3v) is 7.89. The highest BCUT2D eigenvalue weighted by Crippen LogP contribution is 2.47. The van der Waals surface area contributed by atoms with Gasteiger partial charge in [0, 0.05) is 30.8 Å². The smallest absolute Gasteiger partial charge is 0.418 e. The van der Waals surface area contributed by atoms with E-state index in [4.69, 9.17) is 4.74 Å². The summed E-state index contributed by atoms with van der Waals surface area (Å²) in [6.07, 6.45) is 1.30. The first-order valence-corrected chi connectivity index (χ1v) is 12.3.